The van der Waals surface area contributed by atoms with Crippen molar-refractivity contribution >= 4 is 17.6 Å². The number of carbonyl (C=O) groups is 2. The zero-order chi connectivity index (χ0) is 18.3. The molecule has 0 saturated heterocycles. The number of hydrogen-bond donors (Lipinski definition) is 0. The summed E-state index contributed by atoms with van der Waals surface area (Å²) in [6, 6.07) is 8.75. The summed E-state index contributed by atoms with van der Waals surface area (Å²) in [6.45, 7) is 3.42. The first-order chi connectivity index (χ1) is 12.5. The van der Waals surface area contributed by atoms with Gasteiger partial charge in [0.25, 0.3) is 0 Å². The van der Waals surface area contributed by atoms with E-state index in [-0.39, 0.29) is 30.7 Å². The van der Waals surface area contributed by atoms with E-state index in [0.717, 1.165) is 5.56 Å². The van der Waals surface area contributed by atoms with Crippen molar-refractivity contribution in [3.8, 4) is 23.0 Å². The van der Waals surface area contributed by atoms with Crippen LogP contribution in [0.5, 0.6) is 23.0 Å². The number of rotatable bonds is 4. The van der Waals surface area contributed by atoms with Gasteiger partial charge in [0.15, 0.2) is 23.0 Å². The minimum atomic E-state index is -0.195. The van der Waals surface area contributed by atoms with E-state index in [1.54, 1.807) is 37.3 Å². The summed E-state index contributed by atoms with van der Waals surface area (Å²) in [4.78, 5) is 23.7. The van der Waals surface area contributed by atoms with E-state index in [1.165, 1.54) is 6.92 Å². The van der Waals surface area contributed by atoms with Crippen molar-refractivity contribution in [3.05, 3.63) is 52.8 Å². The van der Waals surface area contributed by atoms with Crippen molar-refractivity contribution in [2.45, 2.75) is 13.8 Å². The molecule has 2 aliphatic heterocycles. The van der Waals surface area contributed by atoms with E-state index in [9.17, 15) is 9.59 Å². The second kappa shape index (κ2) is 6.22. The molecule has 0 saturated carbocycles. The second-order valence-electron chi connectivity index (χ2n) is 6.11. The average molecular weight is 352 g/mol. The molecule has 6 heteroatoms. The van der Waals surface area contributed by atoms with Gasteiger partial charge >= 0.3 is 0 Å². The van der Waals surface area contributed by atoms with Crippen LogP contribution in [-0.4, -0.2) is 25.0 Å². The molecule has 0 spiro atoms. The molecule has 0 amide bonds. The number of benzene rings is 2. The third kappa shape index (κ3) is 2.79. The number of ketones is 2. The summed E-state index contributed by atoms with van der Waals surface area (Å²) < 4.78 is 21.9. The Kier molecular flexibility index (Phi) is 3.88. The van der Waals surface area contributed by atoms with Crippen molar-refractivity contribution in [1.29, 1.82) is 0 Å². The molecule has 0 unspecified atom stereocenters. The van der Waals surface area contributed by atoms with Gasteiger partial charge in [0.1, 0.15) is 18.1 Å². The molecule has 0 radical (unpaired) electrons. The fraction of sp³-hybridized carbons (Fsp3) is 0.200. The predicted molar refractivity (Wildman–Crippen MR) is 92.9 cm³/mol. The third-order valence-corrected chi connectivity index (χ3v) is 4.16. The van der Waals surface area contributed by atoms with Crippen molar-refractivity contribution in [2.24, 2.45) is 0 Å². The van der Waals surface area contributed by atoms with Crippen molar-refractivity contribution in [3.63, 3.8) is 0 Å². The highest BCUT2D eigenvalue weighted by Gasteiger charge is 2.30. The SMILES string of the molecule is CC(=O)COc1ccc2c(c1C)O/C(=C\c1ccc3c(c1)OCO3)C2=O. The van der Waals surface area contributed by atoms with E-state index < -0.39 is 0 Å². The van der Waals surface area contributed by atoms with E-state index in [2.05, 4.69) is 0 Å². The van der Waals surface area contributed by atoms with Gasteiger partial charge in [0.2, 0.25) is 12.6 Å². The Bertz CT molecular complexity index is 957. The van der Waals surface area contributed by atoms with E-state index in [1.807, 2.05) is 6.07 Å². The largest absolute Gasteiger partial charge is 0.485 e. The lowest BCUT2D eigenvalue weighted by Crippen LogP contribution is -2.07. The van der Waals surface area contributed by atoms with Gasteiger partial charge in [-0.15, -0.1) is 0 Å². The predicted octanol–water partition coefficient (Wildman–Crippen LogP) is 3.31. The highest BCUT2D eigenvalue weighted by atomic mass is 16.7. The Labute approximate surface area is 149 Å². The molecule has 0 bridgehead atoms. The highest BCUT2D eigenvalue weighted by Crippen LogP contribution is 2.40. The van der Waals surface area contributed by atoms with Crippen LogP contribution in [0.3, 0.4) is 0 Å². The molecule has 132 valence electrons. The maximum atomic E-state index is 12.6. The van der Waals surface area contributed by atoms with Crippen molar-refractivity contribution < 1.29 is 28.5 Å². The molecule has 0 aliphatic carbocycles. The first kappa shape index (κ1) is 16.2. The number of hydrogen-bond acceptors (Lipinski definition) is 6. The van der Waals surface area contributed by atoms with Gasteiger partial charge in [-0.25, -0.2) is 0 Å². The van der Waals surface area contributed by atoms with Crippen LogP contribution in [0.25, 0.3) is 6.08 Å². The van der Waals surface area contributed by atoms with Gasteiger partial charge in [-0.05, 0) is 49.8 Å². The first-order valence-corrected chi connectivity index (χ1v) is 8.12. The average Bonchev–Trinajstić information content (AvgIpc) is 3.20. The minimum absolute atomic E-state index is 0.0204. The fourth-order valence-electron chi connectivity index (χ4n) is 2.86. The van der Waals surface area contributed by atoms with Gasteiger partial charge in [0.05, 0.1) is 5.56 Å². The van der Waals surface area contributed by atoms with Crippen LogP contribution in [0.2, 0.25) is 0 Å². The first-order valence-electron chi connectivity index (χ1n) is 8.12. The molecule has 0 N–H and O–H groups in total. The Hall–Kier alpha value is -3.28. The van der Waals surface area contributed by atoms with E-state index in [0.29, 0.717) is 34.1 Å². The lowest BCUT2D eigenvalue weighted by atomic mass is 10.1. The quantitative estimate of drug-likeness (QED) is 0.786. The molecule has 2 heterocycles. The van der Waals surface area contributed by atoms with Crippen LogP contribution in [0.15, 0.2) is 36.1 Å². The Morgan fingerprint density at radius 3 is 2.81 bits per heavy atom. The molecule has 0 atom stereocenters. The van der Waals surface area contributed by atoms with Crippen LogP contribution >= 0.6 is 0 Å². The lowest BCUT2D eigenvalue weighted by Gasteiger charge is -2.10. The smallest absolute Gasteiger partial charge is 0.231 e. The van der Waals surface area contributed by atoms with Crippen molar-refractivity contribution in [2.75, 3.05) is 13.4 Å². The zero-order valence-electron chi connectivity index (χ0n) is 14.3. The standard InChI is InChI=1S/C20H16O6/c1-11(21)9-23-15-6-4-14-19(22)18(26-20(14)12(15)2)8-13-3-5-16-17(7-13)25-10-24-16/h3-8H,9-10H2,1-2H3/b18-8-. The maximum absolute atomic E-state index is 12.6. The molecular weight excluding hydrogens is 336 g/mol. The van der Waals surface area contributed by atoms with Crippen LogP contribution < -0.4 is 18.9 Å². The number of ether oxygens (including phenoxy) is 4. The lowest BCUT2D eigenvalue weighted by molar-refractivity contribution is -0.118. The van der Waals surface area contributed by atoms with Crippen LogP contribution in [0.4, 0.5) is 0 Å². The molecule has 6 nitrogen and oxygen atoms in total. The topological polar surface area (TPSA) is 71.1 Å². The summed E-state index contributed by atoms with van der Waals surface area (Å²) in [5.74, 6) is 2.25. The molecule has 0 aromatic heterocycles. The molecule has 26 heavy (non-hydrogen) atoms. The fourth-order valence-corrected chi connectivity index (χ4v) is 2.86. The van der Waals surface area contributed by atoms with Crippen LogP contribution in [0, 0.1) is 6.92 Å². The summed E-state index contributed by atoms with van der Waals surface area (Å²) in [7, 11) is 0. The minimum Gasteiger partial charge on any atom is -0.485 e. The second-order valence-corrected chi connectivity index (χ2v) is 6.11. The highest BCUT2D eigenvalue weighted by molar-refractivity contribution is 6.15. The Balaban J connectivity index is 1.63. The van der Waals surface area contributed by atoms with Gasteiger partial charge in [-0.2, -0.15) is 0 Å². The van der Waals surface area contributed by atoms with E-state index in [4.69, 9.17) is 18.9 Å². The molecule has 2 aliphatic rings. The number of allylic oxidation sites excluding steroid dienone is 1. The molecule has 2 aromatic rings. The number of fused-ring (bicyclic) bond motifs is 2. The summed E-state index contributed by atoms with van der Waals surface area (Å²) >= 11 is 0. The Morgan fingerprint density at radius 2 is 2.00 bits per heavy atom. The van der Waals surface area contributed by atoms with Crippen LogP contribution in [-0.2, 0) is 4.79 Å². The number of Topliss-reactive ketones (excluding diaryl/α,β-unsaturated/α-hetero) is 2. The monoisotopic (exact) mass is 352 g/mol. The normalized spacial score (nSPS) is 15.8. The molecule has 4 rings (SSSR count). The van der Waals surface area contributed by atoms with Gasteiger partial charge < -0.3 is 18.9 Å². The summed E-state index contributed by atoms with van der Waals surface area (Å²) in [6.07, 6.45) is 1.67. The number of carbonyl (C=O) groups excluding carboxylic acids is 2. The molecule has 0 fully saturated rings. The van der Waals surface area contributed by atoms with Gasteiger partial charge in [-0.1, -0.05) is 6.07 Å². The van der Waals surface area contributed by atoms with Gasteiger partial charge in [0, 0.05) is 5.56 Å². The zero-order valence-corrected chi connectivity index (χ0v) is 14.3. The maximum Gasteiger partial charge on any atom is 0.231 e. The summed E-state index contributed by atoms with van der Waals surface area (Å²) in [5, 5.41) is 0. The van der Waals surface area contributed by atoms with E-state index >= 15 is 0 Å². The Morgan fingerprint density at radius 1 is 1.19 bits per heavy atom. The van der Waals surface area contributed by atoms with Crippen LogP contribution in [0.1, 0.15) is 28.4 Å². The van der Waals surface area contributed by atoms with Gasteiger partial charge in [-0.3, -0.25) is 9.59 Å². The third-order valence-electron chi connectivity index (χ3n) is 4.16. The molecular formula is C20H16O6. The molecule has 2 aromatic carbocycles. The summed E-state index contributed by atoms with van der Waals surface area (Å²) in [5.41, 5.74) is 1.94. The van der Waals surface area contributed by atoms with Crippen molar-refractivity contribution in [1.82, 2.24) is 0 Å².